The van der Waals surface area contributed by atoms with Crippen molar-refractivity contribution < 1.29 is 41.4 Å². The second-order valence-electron chi connectivity index (χ2n) is 6.76. The maximum absolute atomic E-state index is 10.6. The number of halogens is 4. The zero-order valence-electron chi connectivity index (χ0n) is 17.4. The van der Waals surface area contributed by atoms with Crippen LogP contribution in [0.3, 0.4) is 0 Å². The lowest BCUT2D eigenvalue weighted by molar-refractivity contribution is -0.192. The molecule has 0 amide bonds. The topological polar surface area (TPSA) is 124 Å². The lowest BCUT2D eigenvalue weighted by Crippen LogP contribution is -2.36. The summed E-state index contributed by atoms with van der Waals surface area (Å²) < 4.78 is 54.9. The monoisotopic (exact) mass is 536 g/mol. The minimum atomic E-state index is -5.08. The Labute approximate surface area is 193 Å². The molecule has 3 aromatic heterocycles. The van der Waals surface area contributed by atoms with Gasteiger partial charge in [-0.1, -0.05) is 6.92 Å². The maximum atomic E-state index is 10.6. The van der Waals surface area contributed by atoms with Crippen molar-refractivity contribution >= 4 is 33.1 Å². The molecule has 0 atom stereocenters. The number of hydrogen-bond acceptors (Lipinski definition) is 9. The van der Waals surface area contributed by atoms with Gasteiger partial charge < -0.3 is 23.4 Å². The predicted molar refractivity (Wildman–Crippen MR) is 111 cm³/mol. The quantitative estimate of drug-likeness (QED) is 0.495. The normalized spacial score (nSPS) is 14.7. The molecule has 3 aromatic rings. The molecule has 1 saturated heterocycles. The van der Waals surface area contributed by atoms with Crippen LogP contribution < -0.4 is 4.74 Å². The third-order valence-electron chi connectivity index (χ3n) is 4.21. The van der Waals surface area contributed by atoms with Crippen LogP contribution in [0.1, 0.15) is 19.2 Å². The summed E-state index contributed by atoms with van der Waals surface area (Å²) in [5, 5.41) is 7.12. The van der Waals surface area contributed by atoms with Crippen LogP contribution >= 0.6 is 15.9 Å². The van der Waals surface area contributed by atoms with E-state index >= 15 is 0 Å². The predicted octanol–water partition coefficient (Wildman–Crippen LogP) is 3.89. The van der Waals surface area contributed by atoms with Gasteiger partial charge in [0, 0.05) is 13.1 Å². The molecule has 1 aliphatic heterocycles. The van der Waals surface area contributed by atoms with Crippen LogP contribution in [0.4, 0.5) is 13.2 Å². The van der Waals surface area contributed by atoms with Gasteiger partial charge in [-0.25, -0.2) is 4.79 Å². The minimum absolute atomic E-state index is 0.352. The van der Waals surface area contributed by atoms with Crippen LogP contribution in [0.25, 0.3) is 22.9 Å². The first kappa shape index (κ1) is 24.9. The van der Waals surface area contributed by atoms with Crippen LogP contribution in [-0.4, -0.2) is 70.0 Å². The van der Waals surface area contributed by atoms with Crippen LogP contribution in [-0.2, 0) is 16.1 Å². The van der Waals surface area contributed by atoms with Crippen LogP contribution in [0.5, 0.6) is 5.88 Å². The van der Waals surface area contributed by atoms with E-state index in [4.69, 9.17) is 28.2 Å². The number of furan rings is 1. The van der Waals surface area contributed by atoms with Crippen LogP contribution in [0, 0.1) is 0 Å². The Kier molecular flexibility index (Phi) is 8.26. The number of nitrogens with zero attached hydrogens (tertiary/aromatic N) is 4. The van der Waals surface area contributed by atoms with E-state index in [1.54, 1.807) is 12.1 Å². The molecule has 1 fully saturated rings. The van der Waals surface area contributed by atoms with E-state index < -0.39 is 12.1 Å². The summed E-state index contributed by atoms with van der Waals surface area (Å²) >= 11 is 3.28. The van der Waals surface area contributed by atoms with Gasteiger partial charge in [-0.2, -0.15) is 28.1 Å². The fourth-order valence-electron chi connectivity index (χ4n) is 2.70. The smallest absolute Gasteiger partial charge is 0.476 e. The van der Waals surface area contributed by atoms with Crippen molar-refractivity contribution in [2.24, 2.45) is 0 Å². The Balaban J connectivity index is 0.000000383. The number of aromatic nitrogens is 3. The standard InChI is InChI=1S/C17H19BrN4O4.C2HF3O2/c1-2-7-24-16-14-17(26-15(21-14)11-3-4-12(18)25-11)20-13(19-16)10-22-5-8-23-9-6-22;3-2(4,5)1(6)7/h3-4H,2,5-10H2,1H3;(H,6,7). The van der Waals surface area contributed by atoms with Crippen LogP contribution in [0.2, 0.25) is 0 Å². The molecule has 180 valence electrons. The van der Waals surface area contributed by atoms with Crippen molar-refractivity contribution in [2.75, 3.05) is 32.9 Å². The number of fused-ring (bicyclic) bond motifs is 1. The average Bonchev–Trinajstić information content (AvgIpc) is 3.38. The van der Waals surface area contributed by atoms with Gasteiger partial charge in [-0.3, -0.25) is 4.90 Å². The van der Waals surface area contributed by atoms with Gasteiger partial charge in [-0.15, -0.1) is 0 Å². The zero-order chi connectivity index (χ0) is 24.0. The van der Waals surface area contributed by atoms with E-state index in [0.29, 0.717) is 52.4 Å². The Morgan fingerprint density at radius 2 is 1.91 bits per heavy atom. The largest absolute Gasteiger partial charge is 0.490 e. The first-order valence-electron chi connectivity index (χ1n) is 9.83. The Bertz CT molecular complexity index is 1080. The van der Waals surface area contributed by atoms with Crippen molar-refractivity contribution in [3.05, 3.63) is 22.6 Å². The number of aliphatic carboxylic acids is 1. The molecule has 4 heterocycles. The van der Waals surface area contributed by atoms with Crippen molar-refractivity contribution in [1.82, 2.24) is 19.9 Å². The number of oxazole rings is 1. The van der Waals surface area contributed by atoms with Crippen molar-refractivity contribution in [1.29, 1.82) is 0 Å². The SMILES string of the molecule is CCCOc1nc(CN2CCOCC2)nc2oc(-c3ccc(Br)o3)nc12.O=C(O)C(F)(F)F. The van der Waals surface area contributed by atoms with Crippen molar-refractivity contribution in [3.63, 3.8) is 0 Å². The number of rotatable bonds is 6. The molecule has 1 aliphatic rings. The number of alkyl halides is 3. The van der Waals surface area contributed by atoms with E-state index in [-0.39, 0.29) is 0 Å². The Morgan fingerprint density at radius 1 is 1.21 bits per heavy atom. The number of carboxylic acid groups (broad SMARTS) is 1. The first-order chi connectivity index (χ1) is 15.7. The highest BCUT2D eigenvalue weighted by molar-refractivity contribution is 9.10. The summed E-state index contributed by atoms with van der Waals surface area (Å²) in [4.78, 5) is 24.7. The minimum Gasteiger partial charge on any atom is -0.476 e. The lowest BCUT2D eigenvalue weighted by atomic mass is 10.4. The third kappa shape index (κ3) is 6.88. The fourth-order valence-corrected chi connectivity index (χ4v) is 3.01. The molecule has 10 nitrogen and oxygen atoms in total. The number of ether oxygens (including phenoxy) is 2. The average molecular weight is 537 g/mol. The van der Waals surface area contributed by atoms with Gasteiger partial charge in [0.1, 0.15) is 0 Å². The third-order valence-corrected chi connectivity index (χ3v) is 4.64. The van der Waals surface area contributed by atoms with E-state index in [9.17, 15) is 13.2 Å². The molecule has 33 heavy (non-hydrogen) atoms. The van der Waals surface area contributed by atoms with E-state index in [1.165, 1.54) is 0 Å². The first-order valence-corrected chi connectivity index (χ1v) is 10.6. The zero-order valence-corrected chi connectivity index (χ0v) is 19.0. The number of morpholine rings is 1. The number of carboxylic acids is 1. The fraction of sp³-hybridized carbons (Fsp3) is 0.474. The summed E-state index contributed by atoms with van der Waals surface area (Å²) in [6.07, 6.45) is -4.21. The van der Waals surface area contributed by atoms with Gasteiger partial charge in [0.2, 0.25) is 5.88 Å². The molecule has 0 aliphatic carbocycles. The van der Waals surface area contributed by atoms with Gasteiger partial charge in [0.05, 0.1) is 26.4 Å². The molecule has 1 N–H and O–H groups in total. The second kappa shape index (κ2) is 10.9. The summed E-state index contributed by atoms with van der Waals surface area (Å²) in [6.45, 7) is 6.37. The molecule has 0 bridgehead atoms. The second-order valence-corrected chi connectivity index (χ2v) is 7.54. The lowest BCUT2D eigenvalue weighted by Gasteiger charge is -2.25. The highest BCUT2D eigenvalue weighted by atomic mass is 79.9. The van der Waals surface area contributed by atoms with E-state index in [2.05, 4.69) is 35.8 Å². The van der Waals surface area contributed by atoms with Crippen molar-refractivity contribution in [3.8, 4) is 17.5 Å². The molecular formula is C19H20BrF3N4O6. The van der Waals surface area contributed by atoms with Gasteiger partial charge in [0.25, 0.3) is 11.6 Å². The number of carbonyl (C=O) groups is 1. The summed E-state index contributed by atoms with van der Waals surface area (Å²) in [5.74, 6) is -0.794. The Morgan fingerprint density at radius 3 is 2.48 bits per heavy atom. The van der Waals surface area contributed by atoms with Crippen LogP contribution in [0.15, 0.2) is 25.6 Å². The van der Waals surface area contributed by atoms with Gasteiger partial charge in [0.15, 0.2) is 21.8 Å². The van der Waals surface area contributed by atoms with E-state index in [0.717, 1.165) is 32.7 Å². The summed E-state index contributed by atoms with van der Waals surface area (Å²) in [5.41, 5.74) is 0.906. The van der Waals surface area contributed by atoms with Crippen molar-refractivity contribution in [2.45, 2.75) is 26.1 Å². The molecule has 0 saturated carbocycles. The molecule has 0 unspecified atom stereocenters. The highest BCUT2D eigenvalue weighted by Gasteiger charge is 2.38. The van der Waals surface area contributed by atoms with E-state index in [1.807, 2.05) is 6.92 Å². The molecule has 0 radical (unpaired) electrons. The Hall–Kier alpha value is -2.71. The maximum Gasteiger partial charge on any atom is 0.490 e. The summed E-state index contributed by atoms with van der Waals surface area (Å²) in [7, 11) is 0. The molecular weight excluding hydrogens is 517 g/mol. The molecule has 0 aromatic carbocycles. The molecule has 14 heteroatoms. The van der Waals surface area contributed by atoms with Gasteiger partial charge in [-0.05, 0) is 34.5 Å². The molecule has 0 spiro atoms. The number of hydrogen-bond donors (Lipinski definition) is 1. The van der Waals surface area contributed by atoms with Gasteiger partial charge >= 0.3 is 12.1 Å². The molecule has 4 rings (SSSR count). The highest BCUT2D eigenvalue weighted by Crippen LogP contribution is 2.30. The summed E-state index contributed by atoms with van der Waals surface area (Å²) in [6, 6.07) is 3.57.